The molecule has 1 saturated heterocycles. The smallest absolute Gasteiger partial charge is 0.212 e. The second kappa shape index (κ2) is 5.35. The Kier molecular flexibility index (Phi) is 3.31. The number of aromatic nitrogens is 1. The molecule has 3 heterocycles. The lowest BCUT2D eigenvalue weighted by molar-refractivity contribution is 0.157. The number of hydrogen-bond donors (Lipinski definition) is 0. The van der Waals surface area contributed by atoms with Gasteiger partial charge in [-0.2, -0.15) is 4.39 Å². The Morgan fingerprint density at radius 1 is 1.08 bits per heavy atom. The maximum Gasteiger partial charge on any atom is 0.212 e. The molecule has 1 aromatic carbocycles. The minimum atomic E-state index is -3.26. The molecule has 0 spiro atoms. The molecule has 25 heavy (non-hydrogen) atoms. The predicted molar refractivity (Wildman–Crippen MR) is 92.6 cm³/mol. The van der Waals surface area contributed by atoms with Gasteiger partial charge in [0.05, 0.1) is 10.1 Å². The van der Waals surface area contributed by atoms with Crippen LogP contribution < -0.4 is 0 Å². The van der Waals surface area contributed by atoms with Gasteiger partial charge >= 0.3 is 0 Å². The molecule has 0 bridgehead atoms. The van der Waals surface area contributed by atoms with Crippen molar-refractivity contribution in [2.45, 2.75) is 41.4 Å². The number of halogens is 1. The number of likely N-dealkylation sites (tertiary alicyclic amines) is 1. The lowest BCUT2D eigenvalue weighted by Gasteiger charge is -2.35. The molecular weight excluding hydrogens is 339 g/mol. The van der Waals surface area contributed by atoms with Crippen LogP contribution in [0.3, 0.4) is 0 Å². The summed E-state index contributed by atoms with van der Waals surface area (Å²) >= 11 is 0. The minimum Gasteiger partial charge on any atom is -0.298 e. The lowest BCUT2D eigenvalue weighted by Crippen LogP contribution is -2.39. The average Bonchev–Trinajstić information content (AvgIpc) is 3.06. The van der Waals surface area contributed by atoms with Crippen LogP contribution >= 0.6 is 0 Å². The third-order valence-electron chi connectivity index (χ3n) is 6.06. The van der Waals surface area contributed by atoms with Crippen LogP contribution in [-0.2, 0) is 9.84 Å². The largest absolute Gasteiger partial charge is 0.298 e. The predicted octanol–water partition coefficient (Wildman–Crippen LogP) is 3.00. The van der Waals surface area contributed by atoms with E-state index in [0.717, 1.165) is 23.2 Å². The van der Waals surface area contributed by atoms with Gasteiger partial charge in [-0.3, -0.25) is 4.90 Å². The number of benzene rings is 1. The fraction of sp³-hybridized carbons (Fsp3) is 0.421. The summed E-state index contributed by atoms with van der Waals surface area (Å²) in [6.07, 6.45) is 5.12. The first-order valence-electron chi connectivity index (χ1n) is 8.78. The second-order valence-electron chi connectivity index (χ2n) is 7.35. The normalized spacial score (nSPS) is 27.7. The first kappa shape index (κ1) is 15.5. The van der Waals surface area contributed by atoms with Crippen LogP contribution in [0.25, 0.3) is 11.1 Å². The number of fused-ring (bicyclic) bond motifs is 3. The topological polar surface area (TPSA) is 50.3 Å². The molecule has 4 nitrogen and oxygen atoms in total. The zero-order valence-electron chi connectivity index (χ0n) is 13.7. The molecule has 1 aromatic heterocycles. The first-order chi connectivity index (χ1) is 12.0. The molecule has 2 aliphatic heterocycles. The lowest BCUT2D eigenvalue weighted by atomic mass is 9.91. The third-order valence-corrected chi connectivity index (χ3v) is 8.32. The van der Waals surface area contributed by atoms with Crippen molar-refractivity contribution in [3.63, 3.8) is 0 Å². The molecule has 0 radical (unpaired) electrons. The summed E-state index contributed by atoms with van der Waals surface area (Å²) in [4.78, 5) is 6.55. The highest BCUT2D eigenvalue weighted by molar-refractivity contribution is 7.92. The fourth-order valence-corrected chi connectivity index (χ4v) is 6.63. The van der Waals surface area contributed by atoms with Gasteiger partial charge in [0.15, 0.2) is 9.84 Å². The number of nitrogens with zero attached hydrogens (tertiary/aromatic N) is 2. The van der Waals surface area contributed by atoms with Gasteiger partial charge in [0, 0.05) is 36.8 Å². The molecule has 5 rings (SSSR count). The molecule has 130 valence electrons. The van der Waals surface area contributed by atoms with Crippen LogP contribution in [0.15, 0.2) is 41.4 Å². The molecule has 0 N–H and O–H groups in total. The van der Waals surface area contributed by atoms with Crippen molar-refractivity contribution >= 4 is 9.84 Å². The van der Waals surface area contributed by atoms with Crippen LogP contribution in [0, 0.1) is 5.95 Å². The molecule has 2 fully saturated rings. The van der Waals surface area contributed by atoms with Crippen molar-refractivity contribution in [3.8, 4) is 11.1 Å². The van der Waals surface area contributed by atoms with Crippen LogP contribution in [0.4, 0.5) is 4.39 Å². The number of pyridine rings is 1. The van der Waals surface area contributed by atoms with Crippen LogP contribution in [0.1, 0.15) is 30.7 Å². The van der Waals surface area contributed by atoms with Crippen LogP contribution in [0.2, 0.25) is 0 Å². The second-order valence-corrected chi connectivity index (χ2v) is 9.49. The van der Waals surface area contributed by atoms with Crippen LogP contribution in [-0.4, -0.2) is 42.7 Å². The van der Waals surface area contributed by atoms with E-state index in [9.17, 15) is 12.8 Å². The molecule has 2 aromatic rings. The van der Waals surface area contributed by atoms with Crippen LogP contribution in [0.5, 0.6) is 0 Å². The first-order valence-corrected chi connectivity index (χ1v) is 10.3. The van der Waals surface area contributed by atoms with Crippen molar-refractivity contribution in [2.24, 2.45) is 0 Å². The van der Waals surface area contributed by atoms with Gasteiger partial charge in [-0.15, -0.1) is 0 Å². The van der Waals surface area contributed by atoms with Gasteiger partial charge in [-0.25, -0.2) is 13.4 Å². The monoisotopic (exact) mass is 358 g/mol. The van der Waals surface area contributed by atoms with E-state index in [2.05, 4.69) is 9.88 Å². The molecule has 1 aliphatic carbocycles. The maximum absolute atomic E-state index is 13.1. The SMILES string of the molecule is O=S1(=O)c2ccc(-c3ccc(F)nc3)cc2[C@@H]2CN(C3CCC3)C[C@H]21. The maximum atomic E-state index is 13.1. The summed E-state index contributed by atoms with van der Waals surface area (Å²) in [7, 11) is -3.26. The Bertz CT molecular complexity index is 938. The van der Waals surface area contributed by atoms with E-state index in [1.54, 1.807) is 18.2 Å². The number of hydrogen-bond acceptors (Lipinski definition) is 4. The van der Waals surface area contributed by atoms with Crippen molar-refractivity contribution in [1.29, 1.82) is 0 Å². The highest BCUT2D eigenvalue weighted by atomic mass is 32.2. The molecule has 2 atom stereocenters. The van der Waals surface area contributed by atoms with Crippen molar-refractivity contribution < 1.29 is 12.8 Å². The highest BCUT2D eigenvalue weighted by Gasteiger charge is 2.51. The average molecular weight is 358 g/mol. The molecule has 0 amide bonds. The Labute approximate surface area is 146 Å². The van der Waals surface area contributed by atoms with E-state index in [4.69, 9.17) is 0 Å². The summed E-state index contributed by atoms with van der Waals surface area (Å²) in [5, 5.41) is -0.315. The molecule has 3 aliphatic rings. The molecular formula is C19H19FN2O2S. The van der Waals surface area contributed by atoms with Gasteiger partial charge in [0.2, 0.25) is 5.95 Å². The van der Waals surface area contributed by atoms with Gasteiger partial charge in [-0.05, 0) is 48.2 Å². The quantitative estimate of drug-likeness (QED) is 0.775. The molecule has 0 unspecified atom stereocenters. The summed E-state index contributed by atoms with van der Waals surface area (Å²) in [5.41, 5.74) is 2.62. The van der Waals surface area contributed by atoms with E-state index >= 15 is 0 Å². The van der Waals surface area contributed by atoms with E-state index in [1.165, 1.54) is 31.5 Å². The molecule has 1 saturated carbocycles. The van der Waals surface area contributed by atoms with E-state index in [-0.39, 0.29) is 11.2 Å². The number of rotatable bonds is 2. The highest BCUT2D eigenvalue weighted by Crippen LogP contribution is 2.47. The Balaban J connectivity index is 1.55. The van der Waals surface area contributed by atoms with E-state index in [1.807, 2.05) is 6.07 Å². The Morgan fingerprint density at radius 3 is 2.56 bits per heavy atom. The molecule has 6 heteroatoms. The number of sulfone groups is 1. The Hall–Kier alpha value is -1.79. The summed E-state index contributed by atoms with van der Waals surface area (Å²) in [5.74, 6) is -0.464. The van der Waals surface area contributed by atoms with Gasteiger partial charge < -0.3 is 0 Å². The summed E-state index contributed by atoms with van der Waals surface area (Å²) in [6, 6.07) is 9.06. The summed E-state index contributed by atoms with van der Waals surface area (Å²) < 4.78 is 38.9. The minimum absolute atomic E-state index is 0.0500. The van der Waals surface area contributed by atoms with Gasteiger partial charge in [-0.1, -0.05) is 12.5 Å². The van der Waals surface area contributed by atoms with Gasteiger partial charge in [0.1, 0.15) is 0 Å². The summed E-state index contributed by atoms with van der Waals surface area (Å²) in [6.45, 7) is 1.48. The fourth-order valence-electron chi connectivity index (χ4n) is 4.45. The standard InChI is InChI=1S/C19H19FN2O2S/c20-19-7-5-13(9-21-19)12-4-6-17-15(8-12)16-10-22(14-2-1-3-14)11-18(16)25(17,23)24/h4-9,14,16,18H,1-3,10-11H2/t16-,18+/m0/s1. The zero-order valence-corrected chi connectivity index (χ0v) is 14.5. The van der Waals surface area contributed by atoms with E-state index in [0.29, 0.717) is 17.5 Å². The zero-order chi connectivity index (χ0) is 17.2. The van der Waals surface area contributed by atoms with Crippen molar-refractivity contribution in [1.82, 2.24) is 9.88 Å². The van der Waals surface area contributed by atoms with Crippen molar-refractivity contribution in [3.05, 3.63) is 48.0 Å². The van der Waals surface area contributed by atoms with Crippen molar-refractivity contribution in [2.75, 3.05) is 13.1 Å². The third kappa shape index (κ3) is 2.27. The van der Waals surface area contributed by atoms with E-state index < -0.39 is 15.8 Å². The van der Waals surface area contributed by atoms with Gasteiger partial charge in [0.25, 0.3) is 0 Å². The Morgan fingerprint density at radius 2 is 1.88 bits per heavy atom.